The van der Waals surface area contributed by atoms with E-state index in [1.807, 2.05) is 97.9 Å². The highest BCUT2D eigenvalue weighted by Gasteiger charge is 2.34. The number of nitrogens with zero attached hydrogens (tertiary/aromatic N) is 2. The topological polar surface area (TPSA) is 149 Å². The zero-order chi connectivity index (χ0) is 36.5. The van der Waals surface area contributed by atoms with Gasteiger partial charge in [-0.05, 0) is 82.0 Å². The maximum absolute atomic E-state index is 14.3. The molecule has 1 aliphatic heterocycles. The lowest BCUT2D eigenvalue weighted by atomic mass is 9.87. The van der Waals surface area contributed by atoms with E-state index in [0.29, 0.717) is 35.8 Å². The van der Waals surface area contributed by atoms with Gasteiger partial charge in [-0.2, -0.15) is 0 Å². The van der Waals surface area contributed by atoms with Crippen LogP contribution >= 0.6 is 0 Å². The Labute approximate surface area is 296 Å². The Morgan fingerprint density at radius 3 is 2.39 bits per heavy atom. The first-order valence-corrected chi connectivity index (χ1v) is 16.7. The molecule has 2 atom stereocenters. The number of carboxylic acids is 1. The van der Waals surface area contributed by atoms with Crippen molar-refractivity contribution in [1.29, 1.82) is 0 Å². The lowest BCUT2D eigenvalue weighted by Crippen LogP contribution is -2.44. The van der Waals surface area contributed by atoms with Gasteiger partial charge in [0.1, 0.15) is 11.1 Å². The number of ether oxygens (including phenoxy) is 3. The van der Waals surface area contributed by atoms with E-state index in [9.17, 15) is 24.6 Å². The number of hydrogen-bond donors (Lipinski definition) is 2. The lowest BCUT2D eigenvalue weighted by Gasteiger charge is -2.35. The Morgan fingerprint density at radius 2 is 1.67 bits per heavy atom. The summed E-state index contributed by atoms with van der Waals surface area (Å²) in [6.45, 7) is 6.90. The SMILES string of the molecule is CC(C(C/C=C/c1nc2ccccc2o1)c1ccc2c(c1)OCO2)N(CC/C=C/c1ccccc1)C(=O)C(O)=C(CC(=O)O)C(=O)OC(C)(C)C. The zero-order valence-corrected chi connectivity index (χ0v) is 29.1. The van der Waals surface area contributed by atoms with Crippen molar-refractivity contribution in [3.63, 3.8) is 0 Å². The van der Waals surface area contributed by atoms with E-state index in [2.05, 4.69) is 4.98 Å². The predicted molar refractivity (Wildman–Crippen MR) is 192 cm³/mol. The van der Waals surface area contributed by atoms with E-state index in [1.165, 1.54) is 4.90 Å². The number of aliphatic hydroxyl groups excluding tert-OH is 1. The molecule has 3 aromatic carbocycles. The number of carbonyl (C=O) groups is 3. The molecule has 0 aliphatic carbocycles. The van der Waals surface area contributed by atoms with E-state index in [-0.39, 0.29) is 19.3 Å². The standard InChI is InChI=1S/C40H42N2O9/c1-26(29(28-20-21-33-34(23-28)49-25-48-33)16-12-19-35-41-31-17-8-9-18-32(31)50-35)42(22-11-10-15-27-13-6-5-7-14-27)38(46)37(45)30(24-36(43)44)39(47)51-40(2,3)4/h5-10,12-15,17-21,23,26,29,45H,11,16,22,24-25H2,1-4H3,(H,43,44)/b15-10+,19-12+,37-30?. The fourth-order valence-corrected chi connectivity index (χ4v) is 5.75. The summed E-state index contributed by atoms with van der Waals surface area (Å²) in [6, 6.07) is 22.1. The molecule has 5 rings (SSSR count). The number of aliphatic carboxylic acids is 1. The average molecular weight is 695 g/mol. The third kappa shape index (κ3) is 9.66. The summed E-state index contributed by atoms with van der Waals surface area (Å²) in [4.78, 5) is 45.2. The summed E-state index contributed by atoms with van der Waals surface area (Å²) in [6.07, 6.45) is 7.41. The zero-order valence-electron chi connectivity index (χ0n) is 29.1. The van der Waals surface area contributed by atoms with Crippen LogP contribution < -0.4 is 9.47 Å². The minimum atomic E-state index is -1.40. The number of allylic oxidation sites excluding steroid dienone is 1. The number of fused-ring (bicyclic) bond motifs is 2. The number of aliphatic hydroxyl groups is 1. The normalized spacial score (nSPS) is 14.4. The number of benzene rings is 3. The molecule has 1 aliphatic rings. The smallest absolute Gasteiger partial charge is 0.339 e. The van der Waals surface area contributed by atoms with Crippen LogP contribution in [0.1, 0.15) is 69.9 Å². The summed E-state index contributed by atoms with van der Waals surface area (Å²) < 4.78 is 22.5. The predicted octanol–water partition coefficient (Wildman–Crippen LogP) is 7.69. The van der Waals surface area contributed by atoms with E-state index in [0.717, 1.165) is 16.6 Å². The maximum Gasteiger partial charge on any atom is 0.339 e. The summed E-state index contributed by atoms with van der Waals surface area (Å²) in [5.41, 5.74) is 1.56. The summed E-state index contributed by atoms with van der Waals surface area (Å²) >= 11 is 0. The molecule has 0 fully saturated rings. The van der Waals surface area contributed by atoms with E-state index >= 15 is 0 Å². The van der Waals surface area contributed by atoms with Gasteiger partial charge in [-0.3, -0.25) is 9.59 Å². The second kappa shape index (κ2) is 16.2. The molecule has 2 unspecified atom stereocenters. The summed E-state index contributed by atoms with van der Waals surface area (Å²) in [7, 11) is 0. The van der Waals surface area contributed by atoms with Gasteiger partial charge in [0, 0.05) is 18.5 Å². The van der Waals surface area contributed by atoms with Crippen molar-refractivity contribution in [2.24, 2.45) is 0 Å². The number of para-hydroxylation sites is 2. The van der Waals surface area contributed by atoms with Gasteiger partial charge < -0.3 is 33.7 Å². The van der Waals surface area contributed by atoms with Crippen molar-refractivity contribution >= 4 is 41.1 Å². The van der Waals surface area contributed by atoms with Crippen LogP contribution in [0.4, 0.5) is 0 Å². The third-order valence-electron chi connectivity index (χ3n) is 8.23. The van der Waals surface area contributed by atoms with Crippen LogP contribution in [0.25, 0.3) is 23.3 Å². The van der Waals surface area contributed by atoms with Crippen LogP contribution in [0.3, 0.4) is 0 Å². The van der Waals surface area contributed by atoms with Crippen LogP contribution in [0.5, 0.6) is 11.5 Å². The van der Waals surface area contributed by atoms with Gasteiger partial charge >= 0.3 is 11.9 Å². The number of carboxylic acid groups (broad SMARTS) is 1. The molecule has 0 bridgehead atoms. The fraction of sp³-hybridized carbons (Fsp3) is 0.300. The van der Waals surface area contributed by atoms with Gasteiger partial charge in [-0.1, -0.05) is 66.8 Å². The average Bonchev–Trinajstić information content (AvgIpc) is 3.74. The Morgan fingerprint density at radius 1 is 0.941 bits per heavy atom. The van der Waals surface area contributed by atoms with Gasteiger partial charge in [0.25, 0.3) is 5.91 Å². The molecule has 51 heavy (non-hydrogen) atoms. The van der Waals surface area contributed by atoms with Crippen molar-refractivity contribution in [3.8, 4) is 11.5 Å². The Bertz CT molecular complexity index is 1920. The maximum atomic E-state index is 14.3. The van der Waals surface area contributed by atoms with Crippen molar-refractivity contribution in [1.82, 2.24) is 9.88 Å². The number of esters is 1. The Kier molecular flexibility index (Phi) is 11.6. The molecule has 11 heteroatoms. The quantitative estimate of drug-likeness (QED) is 0.0764. The first kappa shape index (κ1) is 36.4. The van der Waals surface area contributed by atoms with Crippen LogP contribution in [-0.4, -0.2) is 62.9 Å². The second-order valence-electron chi connectivity index (χ2n) is 13.1. The fourth-order valence-electron chi connectivity index (χ4n) is 5.75. The van der Waals surface area contributed by atoms with Crippen molar-refractivity contribution in [2.45, 2.75) is 64.5 Å². The largest absolute Gasteiger partial charge is 0.503 e. The molecule has 0 radical (unpaired) electrons. The van der Waals surface area contributed by atoms with Gasteiger partial charge in [-0.25, -0.2) is 9.78 Å². The first-order chi connectivity index (χ1) is 24.4. The van der Waals surface area contributed by atoms with Gasteiger partial charge in [-0.15, -0.1) is 0 Å². The second-order valence-corrected chi connectivity index (χ2v) is 13.1. The number of carbonyl (C=O) groups excluding carboxylic acids is 2. The molecule has 0 saturated carbocycles. The van der Waals surface area contributed by atoms with Crippen molar-refractivity contribution in [3.05, 3.63) is 113 Å². The minimum absolute atomic E-state index is 0.0880. The highest BCUT2D eigenvalue weighted by molar-refractivity contribution is 6.03. The molecule has 2 N–H and O–H groups in total. The van der Waals surface area contributed by atoms with Crippen molar-refractivity contribution < 1.29 is 43.2 Å². The molecular formula is C40H42N2O9. The molecule has 11 nitrogen and oxygen atoms in total. The van der Waals surface area contributed by atoms with E-state index in [4.69, 9.17) is 18.6 Å². The minimum Gasteiger partial charge on any atom is -0.503 e. The molecule has 4 aromatic rings. The molecule has 266 valence electrons. The molecular weight excluding hydrogens is 652 g/mol. The summed E-state index contributed by atoms with van der Waals surface area (Å²) in [5, 5.41) is 21.0. The van der Waals surface area contributed by atoms with Crippen molar-refractivity contribution in [2.75, 3.05) is 13.3 Å². The Balaban J connectivity index is 1.51. The molecule has 2 heterocycles. The van der Waals surface area contributed by atoms with Gasteiger partial charge in [0.2, 0.25) is 12.7 Å². The van der Waals surface area contributed by atoms with Crippen LogP contribution in [0.15, 0.2) is 101 Å². The number of aromatic nitrogens is 1. The number of amides is 1. The molecule has 1 amide bonds. The molecule has 1 aromatic heterocycles. The highest BCUT2D eigenvalue weighted by atomic mass is 16.7. The number of hydrogen-bond acceptors (Lipinski definition) is 9. The lowest BCUT2D eigenvalue weighted by molar-refractivity contribution is -0.152. The van der Waals surface area contributed by atoms with Crippen LogP contribution in [0, 0.1) is 0 Å². The first-order valence-electron chi connectivity index (χ1n) is 16.7. The summed E-state index contributed by atoms with van der Waals surface area (Å²) in [5.74, 6) is -3.15. The highest BCUT2D eigenvalue weighted by Crippen LogP contribution is 2.38. The molecule has 0 saturated heterocycles. The van der Waals surface area contributed by atoms with E-state index in [1.54, 1.807) is 26.8 Å². The van der Waals surface area contributed by atoms with E-state index < -0.39 is 47.2 Å². The Hall–Kier alpha value is -5.84. The van der Waals surface area contributed by atoms with Crippen LogP contribution in [0.2, 0.25) is 0 Å². The van der Waals surface area contributed by atoms with Gasteiger partial charge in [0.15, 0.2) is 22.8 Å². The van der Waals surface area contributed by atoms with Crippen LogP contribution in [-0.2, 0) is 19.1 Å². The van der Waals surface area contributed by atoms with Gasteiger partial charge in [0.05, 0.1) is 12.0 Å². The monoisotopic (exact) mass is 694 g/mol. The molecule has 0 spiro atoms. The number of oxazole rings is 1. The number of rotatable bonds is 14. The third-order valence-corrected chi connectivity index (χ3v) is 8.23.